The lowest BCUT2D eigenvalue weighted by atomic mass is 10.2. The predicted molar refractivity (Wildman–Crippen MR) is 88.7 cm³/mol. The van der Waals surface area contributed by atoms with Gasteiger partial charge >= 0.3 is 0 Å². The van der Waals surface area contributed by atoms with E-state index < -0.39 is 0 Å². The Balaban J connectivity index is 1.95. The molecule has 3 rings (SSSR count). The first-order chi connectivity index (χ1) is 10.1. The minimum absolute atomic E-state index is 0.250. The van der Waals surface area contributed by atoms with Crippen LogP contribution in [0.15, 0.2) is 34.9 Å². The van der Waals surface area contributed by atoms with Gasteiger partial charge in [-0.3, -0.25) is 4.79 Å². The van der Waals surface area contributed by atoms with E-state index in [9.17, 15) is 4.79 Å². The highest BCUT2D eigenvalue weighted by molar-refractivity contribution is 9.10. The van der Waals surface area contributed by atoms with Crippen LogP contribution < -0.4 is 11.1 Å². The number of carbonyl (C=O) groups excluding carboxylic acids is 1. The monoisotopic (exact) mass is 362 g/mol. The lowest BCUT2D eigenvalue weighted by molar-refractivity contribution is 0.103. The molecule has 0 saturated heterocycles. The van der Waals surface area contributed by atoms with E-state index in [4.69, 9.17) is 5.73 Å². The summed E-state index contributed by atoms with van der Waals surface area (Å²) in [5.41, 5.74) is 8.27. The highest BCUT2D eigenvalue weighted by Crippen LogP contribution is 2.32. The van der Waals surface area contributed by atoms with Gasteiger partial charge in [0.15, 0.2) is 0 Å². The molecule has 3 N–H and O–H groups in total. The molecule has 0 fully saturated rings. The molecule has 0 aliphatic heterocycles. The maximum Gasteiger partial charge on any atom is 0.267 e. The number of nitrogens with zero attached hydrogens (tertiary/aromatic N) is 2. The zero-order valence-electron chi connectivity index (χ0n) is 11.1. The van der Waals surface area contributed by atoms with Crippen LogP contribution >= 0.6 is 27.3 Å². The largest absolute Gasteiger partial charge is 0.397 e. The molecule has 0 aliphatic carbocycles. The van der Waals surface area contributed by atoms with Crippen LogP contribution in [0.5, 0.6) is 0 Å². The number of nitrogens with two attached hydrogens (primary N) is 1. The van der Waals surface area contributed by atoms with Crippen molar-refractivity contribution in [1.82, 2.24) is 10.2 Å². The Kier molecular flexibility index (Phi) is 3.60. The van der Waals surface area contributed by atoms with Crippen LogP contribution in [-0.2, 0) is 0 Å². The number of aromatic nitrogens is 2. The molecule has 0 aliphatic rings. The van der Waals surface area contributed by atoms with Gasteiger partial charge in [-0.1, -0.05) is 6.07 Å². The summed E-state index contributed by atoms with van der Waals surface area (Å²) in [5.74, 6) is -0.250. The Hall–Kier alpha value is -1.99. The number of nitrogen functional groups attached to an aromatic ring is 1. The molecule has 0 spiro atoms. The van der Waals surface area contributed by atoms with E-state index in [0.29, 0.717) is 21.1 Å². The van der Waals surface area contributed by atoms with Gasteiger partial charge in [0.05, 0.1) is 17.6 Å². The van der Waals surface area contributed by atoms with Crippen molar-refractivity contribution in [3.05, 3.63) is 45.4 Å². The number of nitrogens with one attached hydrogen (secondary N) is 1. The van der Waals surface area contributed by atoms with Gasteiger partial charge in [-0.15, -0.1) is 16.4 Å². The number of amides is 1. The summed E-state index contributed by atoms with van der Waals surface area (Å²) >= 11 is 4.67. The molecule has 1 aromatic carbocycles. The second-order valence-corrected chi connectivity index (χ2v) is 6.39. The van der Waals surface area contributed by atoms with Crippen molar-refractivity contribution < 1.29 is 4.79 Å². The van der Waals surface area contributed by atoms with Crippen molar-refractivity contribution in [1.29, 1.82) is 0 Å². The molecule has 106 valence electrons. The maximum absolute atomic E-state index is 12.4. The minimum Gasteiger partial charge on any atom is -0.397 e. The topological polar surface area (TPSA) is 80.9 Å². The van der Waals surface area contributed by atoms with Crippen LogP contribution in [0.3, 0.4) is 0 Å². The van der Waals surface area contributed by atoms with Crippen LogP contribution in [0.25, 0.3) is 10.2 Å². The van der Waals surface area contributed by atoms with Crippen molar-refractivity contribution in [2.24, 2.45) is 0 Å². The molecule has 21 heavy (non-hydrogen) atoms. The first-order valence-corrected chi connectivity index (χ1v) is 7.74. The number of rotatable bonds is 2. The van der Waals surface area contributed by atoms with Gasteiger partial charge in [0.2, 0.25) is 0 Å². The molecule has 0 radical (unpaired) electrons. The van der Waals surface area contributed by atoms with E-state index in [2.05, 4.69) is 31.4 Å². The Bertz CT molecular complexity index is 846. The molecule has 0 saturated carbocycles. The summed E-state index contributed by atoms with van der Waals surface area (Å²) in [6.07, 6.45) is 1.56. The summed E-state index contributed by atoms with van der Waals surface area (Å²) in [6.45, 7) is 1.99. The second-order valence-electron chi connectivity index (χ2n) is 4.53. The lowest BCUT2D eigenvalue weighted by Crippen LogP contribution is -2.12. The maximum atomic E-state index is 12.4. The predicted octanol–water partition coefficient (Wildman–Crippen LogP) is 3.60. The Labute approximate surface area is 133 Å². The molecule has 2 heterocycles. The van der Waals surface area contributed by atoms with Gasteiger partial charge in [0.25, 0.3) is 5.91 Å². The van der Waals surface area contributed by atoms with E-state index in [1.165, 1.54) is 11.3 Å². The van der Waals surface area contributed by atoms with E-state index >= 15 is 0 Å². The summed E-state index contributed by atoms with van der Waals surface area (Å²) in [6, 6.07) is 7.48. The Morgan fingerprint density at radius 1 is 1.38 bits per heavy atom. The van der Waals surface area contributed by atoms with Gasteiger partial charge in [-0.25, -0.2) is 0 Å². The average molecular weight is 363 g/mol. The van der Waals surface area contributed by atoms with E-state index in [-0.39, 0.29) is 5.91 Å². The Morgan fingerprint density at radius 2 is 2.19 bits per heavy atom. The lowest BCUT2D eigenvalue weighted by Gasteiger charge is -2.07. The number of thiophene rings is 1. The molecular formula is C14H11BrN4OS. The van der Waals surface area contributed by atoms with Gasteiger partial charge in [-0.05, 0) is 46.6 Å². The zero-order valence-corrected chi connectivity index (χ0v) is 13.5. The fourth-order valence-corrected chi connectivity index (χ4v) is 3.47. The quantitative estimate of drug-likeness (QED) is 0.729. The zero-order chi connectivity index (χ0) is 15.0. The normalized spacial score (nSPS) is 10.8. The Morgan fingerprint density at radius 3 is 2.90 bits per heavy atom. The van der Waals surface area contributed by atoms with Crippen molar-refractivity contribution in [2.45, 2.75) is 6.92 Å². The molecule has 1 amide bonds. The smallest absolute Gasteiger partial charge is 0.267 e. The summed E-state index contributed by atoms with van der Waals surface area (Å²) in [5, 5.41) is 11.4. The van der Waals surface area contributed by atoms with Crippen LogP contribution in [0.1, 0.15) is 15.2 Å². The number of benzene rings is 1. The third-order valence-electron chi connectivity index (χ3n) is 3.00. The molecule has 3 aromatic rings. The second kappa shape index (κ2) is 5.42. The first kappa shape index (κ1) is 14.0. The van der Waals surface area contributed by atoms with Crippen LogP contribution in [0.2, 0.25) is 0 Å². The number of halogens is 1. The fraction of sp³-hybridized carbons (Fsp3) is 0.0714. The number of anilines is 2. The summed E-state index contributed by atoms with van der Waals surface area (Å²) in [7, 11) is 0. The van der Waals surface area contributed by atoms with E-state index in [1.54, 1.807) is 12.3 Å². The van der Waals surface area contributed by atoms with Crippen molar-refractivity contribution in [3.8, 4) is 0 Å². The fourth-order valence-electron chi connectivity index (χ4n) is 1.94. The van der Waals surface area contributed by atoms with Crippen molar-refractivity contribution >= 4 is 54.8 Å². The molecule has 7 heteroatoms. The van der Waals surface area contributed by atoms with Crippen LogP contribution in [0, 0.1) is 6.92 Å². The molecule has 0 bridgehead atoms. The van der Waals surface area contributed by atoms with Crippen LogP contribution in [0.4, 0.5) is 11.4 Å². The average Bonchev–Trinajstić information content (AvgIpc) is 2.80. The summed E-state index contributed by atoms with van der Waals surface area (Å²) in [4.78, 5) is 13.5. The first-order valence-electron chi connectivity index (χ1n) is 6.13. The SMILES string of the molecule is Cc1ccc(NC(=O)c2sc3nnccc3c2N)c(Br)c1. The third kappa shape index (κ3) is 2.62. The minimum atomic E-state index is -0.250. The number of carbonyl (C=O) groups is 1. The molecule has 5 nitrogen and oxygen atoms in total. The third-order valence-corrected chi connectivity index (χ3v) is 4.76. The molecule has 0 unspecified atom stereocenters. The number of fused-ring (bicyclic) bond motifs is 1. The summed E-state index contributed by atoms with van der Waals surface area (Å²) < 4.78 is 0.829. The van der Waals surface area contributed by atoms with Gasteiger partial charge < -0.3 is 11.1 Å². The van der Waals surface area contributed by atoms with Crippen molar-refractivity contribution in [2.75, 3.05) is 11.1 Å². The molecule has 2 aromatic heterocycles. The molecular weight excluding hydrogens is 352 g/mol. The van der Waals surface area contributed by atoms with Gasteiger partial charge in [0.1, 0.15) is 9.71 Å². The number of hydrogen-bond donors (Lipinski definition) is 2. The highest BCUT2D eigenvalue weighted by Gasteiger charge is 2.18. The van der Waals surface area contributed by atoms with Crippen molar-refractivity contribution in [3.63, 3.8) is 0 Å². The van der Waals surface area contributed by atoms with E-state index in [1.807, 2.05) is 25.1 Å². The standard InChI is InChI=1S/C14H11BrN4OS/c1-7-2-3-10(9(15)6-7)18-13(20)12-11(16)8-4-5-17-19-14(8)21-12/h2-6H,16H2,1H3,(H,18,20). The van der Waals surface area contributed by atoms with E-state index in [0.717, 1.165) is 15.4 Å². The van der Waals surface area contributed by atoms with Gasteiger partial charge in [-0.2, -0.15) is 5.10 Å². The number of hydrogen-bond acceptors (Lipinski definition) is 5. The number of aryl methyl sites for hydroxylation is 1. The van der Waals surface area contributed by atoms with Gasteiger partial charge in [0, 0.05) is 9.86 Å². The van der Waals surface area contributed by atoms with Crippen LogP contribution in [-0.4, -0.2) is 16.1 Å². The molecule has 0 atom stereocenters. The highest BCUT2D eigenvalue weighted by atomic mass is 79.9.